The van der Waals surface area contributed by atoms with E-state index in [2.05, 4.69) is 23.5 Å². The summed E-state index contributed by atoms with van der Waals surface area (Å²) in [5.74, 6) is 1.45. The van der Waals surface area contributed by atoms with Crippen LogP contribution in [0.25, 0.3) is 5.70 Å². The van der Waals surface area contributed by atoms with Gasteiger partial charge >= 0.3 is 0 Å². The van der Waals surface area contributed by atoms with Crippen molar-refractivity contribution in [2.75, 3.05) is 14.2 Å². The Morgan fingerprint density at radius 2 is 1.74 bits per heavy atom. The van der Waals surface area contributed by atoms with E-state index in [4.69, 9.17) is 21.7 Å². The van der Waals surface area contributed by atoms with E-state index in [9.17, 15) is 0 Å². The van der Waals surface area contributed by atoms with Crippen LogP contribution < -0.4 is 14.8 Å². The van der Waals surface area contributed by atoms with Crippen molar-refractivity contribution in [1.29, 1.82) is 0 Å². The number of rotatable bonds is 4. The molecular formula is C18H17NO2S2. The molecule has 1 aliphatic rings. The lowest BCUT2D eigenvalue weighted by Crippen LogP contribution is -2.22. The normalized spacial score (nSPS) is 17.2. The Hall–Kier alpha value is -1.98. The molecule has 0 amide bonds. The molecule has 0 unspecified atom stereocenters. The average molecular weight is 343 g/mol. The number of hydrogen-bond donors (Lipinski definition) is 1. The highest BCUT2D eigenvalue weighted by Gasteiger charge is 2.21. The Morgan fingerprint density at radius 3 is 2.43 bits per heavy atom. The van der Waals surface area contributed by atoms with Gasteiger partial charge in [-0.25, -0.2) is 0 Å². The maximum atomic E-state index is 5.42. The first-order valence-corrected chi connectivity index (χ1v) is 8.47. The predicted octanol–water partition coefficient (Wildman–Crippen LogP) is 4.41. The topological polar surface area (TPSA) is 30.5 Å². The van der Waals surface area contributed by atoms with Crippen LogP contribution in [-0.4, -0.2) is 18.5 Å². The highest BCUT2D eigenvalue weighted by Crippen LogP contribution is 2.40. The zero-order valence-electron chi connectivity index (χ0n) is 12.9. The highest BCUT2D eigenvalue weighted by molar-refractivity contribution is 8.23. The van der Waals surface area contributed by atoms with E-state index in [1.807, 2.05) is 36.4 Å². The molecule has 2 aromatic rings. The van der Waals surface area contributed by atoms with Crippen LogP contribution in [0.5, 0.6) is 11.5 Å². The fourth-order valence-corrected chi connectivity index (χ4v) is 3.77. The van der Waals surface area contributed by atoms with E-state index in [0.29, 0.717) is 0 Å². The maximum absolute atomic E-state index is 5.42. The van der Waals surface area contributed by atoms with Crippen LogP contribution in [0, 0.1) is 0 Å². The lowest BCUT2D eigenvalue weighted by atomic mass is 10.1. The van der Waals surface area contributed by atoms with Gasteiger partial charge in [0, 0.05) is 5.70 Å². The lowest BCUT2D eigenvalue weighted by Gasteiger charge is -2.24. The third-order valence-electron chi connectivity index (χ3n) is 3.61. The second kappa shape index (κ2) is 7.06. The van der Waals surface area contributed by atoms with Gasteiger partial charge in [-0.05, 0) is 29.3 Å². The van der Waals surface area contributed by atoms with Crippen molar-refractivity contribution in [2.45, 2.75) is 5.25 Å². The predicted molar refractivity (Wildman–Crippen MR) is 100 cm³/mol. The van der Waals surface area contributed by atoms with Gasteiger partial charge in [0.15, 0.2) is 11.5 Å². The summed E-state index contributed by atoms with van der Waals surface area (Å²) < 4.78 is 11.5. The Balaban J connectivity index is 1.97. The Labute approximate surface area is 145 Å². The van der Waals surface area contributed by atoms with Crippen LogP contribution in [-0.2, 0) is 0 Å². The lowest BCUT2D eigenvalue weighted by molar-refractivity contribution is 0.354. The summed E-state index contributed by atoms with van der Waals surface area (Å²) in [6.45, 7) is 0. The third-order valence-corrected chi connectivity index (χ3v) is 4.98. The molecule has 0 radical (unpaired) electrons. The van der Waals surface area contributed by atoms with Gasteiger partial charge in [0.05, 0.1) is 19.5 Å². The number of ether oxygens (including phenoxy) is 2. The fourth-order valence-electron chi connectivity index (χ4n) is 2.46. The van der Waals surface area contributed by atoms with Gasteiger partial charge < -0.3 is 14.8 Å². The van der Waals surface area contributed by atoms with Crippen molar-refractivity contribution in [3.8, 4) is 11.5 Å². The molecular weight excluding hydrogens is 326 g/mol. The second-order valence-corrected chi connectivity index (χ2v) is 6.83. The van der Waals surface area contributed by atoms with Gasteiger partial charge in [0.25, 0.3) is 0 Å². The quantitative estimate of drug-likeness (QED) is 0.831. The van der Waals surface area contributed by atoms with E-state index in [1.165, 1.54) is 0 Å². The van der Waals surface area contributed by atoms with Gasteiger partial charge in [-0.1, -0.05) is 60.4 Å². The van der Waals surface area contributed by atoms with Crippen molar-refractivity contribution < 1.29 is 9.47 Å². The van der Waals surface area contributed by atoms with Crippen LogP contribution in [0.3, 0.4) is 0 Å². The largest absolute Gasteiger partial charge is 0.493 e. The summed E-state index contributed by atoms with van der Waals surface area (Å²) >= 11 is 7.04. The van der Waals surface area contributed by atoms with Crippen LogP contribution >= 0.6 is 24.0 Å². The zero-order chi connectivity index (χ0) is 16.2. The molecule has 0 aliphatic carbocycles. The Morgan fingerprint density at radius 1 is 1.00 bits per heavy atom. The standard InChI is InChI=1S/C18H17NO2S2/c1-20-15-9-8-13(10-16(15)21-2)17-11-14(19-18(22)23-17)12-6-4-3-5-7-12/h3-11,17H,1-2H3,(H,19,22)/t17-/m1/s1. The van der Waals surface area contributed by atoms with Crippen LogP contribution in [0.1, 0.15) is 16.4 Å². The molecule has 0 bridgehead atoms. The minimum atomic E-state index is 0.138. The molecule has 1 N–H and O–H groups in total. The number of methoxy groups -OCH3 is 2. The molecule has 0 aromatic heterocycles. The molecule has 0 spiro atoms. The zero-order valence-corrected chi connectivity index (χ0v) is 14.5. The molecule has 3 rings (SSSR count). The molecule has 2 aromatic carbocycles. The molecule has 0 saturated carbocycles. The minimum Gasteiger partial charge on any atom is -0.493 e. The number of benzene rings is 2. The molecule has 0 saturated heterocycles. The van der Waals surface area contributed by atoms with E-state index >= 15 is 0 Å². The van der Waals surface area contributed by atoms with Gasteiger partial charge in [0.2, 0.25) is 0 Å². The van der Waals surface area contributed by atoms with E-state index in [1.54, 1.807) is 26.0 Å². The first kappa shape index (κ1) is 15.9. The van der Waals surface area contributed by atoms with Crippen LogP contribution in [0.15, 0.2) is 54.6 Å². The van der Waals surface area contributed by atoms with Gasteiger partial charge in [0.1, 0.15) is 4.32 Å². The molecule has 5 heteroatoms. The summed E-state index contributed by atoms with van der Waals surface area (Å²) in [5, 5.41) is 3.42. The molecule has 1 atom stereocenters. The van der Waals surface area contributed by atoms with Crippen molar-refractivity contribution in [3.05, 3.63) is 65.7 Å². The van der Waals surface area contributed by atoms with E-state index in [0.717, 1.165) is 32.6 Å². The number of nitrogens with one attached hydrogen (secondary N) is 1. The van der Waals surface area contributed by atoms with Crippen molar-refractivity contribution in [2.24, 2.45) is 0 Å². The van der Waals surface area contributed by atoms with Crippen LogP contribution in [0.4, 0.5) is 0 Å². The molecule has 3 nitrogen and oxygen atoms in total. The summed E-state index contributed by atoms with van der Waals surface area (Å²) in [7, 11) is 3.28. The maximum Gasteiger partial charge on any atom is 0.161 e. The fraction of sp³-hybridized carbons (Fsp3) is 0.167. The number of thioether (sulfide) groups is 1. The van der Waals surface area contributed by atoms with Crippen molar-refractivity contribution in [1.82, 2.24) is 5.32 Å². The summed E-state index contributed by atoms with van der Waals surface area (Å²) in [5.41, 5.74) is 3.29. The highest BCUT2D eigenvalue weighted by atomic mass is 32.2. The number of hydrogen-bond acceptors (Lipinski definition) is 4. The smallest absolute Gasteiger partial charge is 0.161 e. The van der Waals surface area contributed by atoms with Crippen molar-refractivity contribution in [3.63, 3.8) is 0 Å². The third kappa shape index (κ3) is 3.51. The monoisotopic (exact) mass is 343 g/mol. The molecule has 1 aliphatic heterocycles. The van der Waals surface area contributed by atoms with Crippen LogP contribution in [0.2, 0.25) is 0 Å². The average Bonchev–Trinajstić information content (AvgIpc) is 2.61. The first-order valence-electron chi connectivity index (χ1n) is 7.18. The first-order chi connectivity index (χ1) is 11.2. The molecule has 23 heavy (non-hydrogen) atoms. The summed E-state index contributed by atoms with van der Waals surface area (Å²) in [6, 6.07) is 16.2. The number of thiocarbonyl (C=S) groups is 1. The SMILES string of the molecule is COc1ccc([C@H]2C=C(c3ccccc3)NC(=S)S2)cc1OC. The van der Waals surface area contributed by atoms with Gasteiger partial charge in [-0.15, -0.1) is 0 Å². The van der Waals surface area contributed by atoms with Gasteiger partial charge in [-0.2, -0.15) is 0 Å². The van der Waals surface area contributed by atoms with E-state index < -0.39 is 0 Å². The molecule has 118 valence electrons. The van der Waals surface area contributed by atoms with Crippen molar-refractivity contribution >= 4 is 34.0 Å². The molecule has 1 heterocycles. The Bertz CT molecular complexity index is 744. The second-order valence-electron chi connectivity index (χ2n) is 5.01. The summed E-state index contributed by atoms with van der Waals surface area (Å²) in [4.78, 5) is 0. The molecule has 0 fully saturated rings. The van der Waals surface area contributed by atoms with E-state index in [-0.39, 0.29) is 5.25 Å². The van der Waals surface area contributed by atoms with Gasteiger partial charge in [-0.3, -0.25) is 0 Å². The summed E-state index contributed by atoms with van der Waals surface area (Å²) in [6.07, 6.45) is 2.19. The minimum absolute atomic E-state index is 0.138. The Kier molecular flexibility index (Phi) is 4.88.